The van der Waals surface area contributed by atoms with Crippen LogP contribution in [0.25, 0.3) is 0 Å². The fraction of sp³-hybridized carbons (Fsp3) is 0.474. The molecule has 3 nitrogen and oxygen atoms in total. The highest BCUT2D eigenvalue weighted by Gasteiger charge is 2.45. The van der Waals surface area contributed by atoms with Crippen LogP contribution in [-0.2, 0) is 0 Å². The molecule has 3 atom stereocenters. The second kappa shape index (κ2) is 7.25. The molecule has 0 aromatic rings. The molecule has 1 N–H and O–H groups in total. The molecule has 3 heteroatoms. The maximum Gasteiger partial charge on any atom is 0.168 e. The van der Waals surface area contributed by atoms with Crippen molar-refractivity contribution in [2.45, 2.75) is 44.7 Å². The average molecular weight is 293 g/mol. The zero-order valence-electron chi connectivity index (χ0n) is 13.1. The SMILES string of the molecule is C=CC[C@@H]1C(C(C#N)(C#N)C/C=C/C=C/C)=CC2CC[C@@H]1N2. The van der Waals surface area contributed by atoms with Crippen LogP contribution in [0.3, 0.4) is 0 Å². The predicted octanol–water partition coefficient (Wildman–Crippen LogP) is 3.80. The van der Waals surface area contributed by atoms with Crippen LogP contribution in [0.5, 0.6) is 0 Å². The zero-order valence-corrected chi connectivity index (χ0v) is 13.1. The molecular weight excluding hydrogens is 270 g/mol. The highest BCUT2D eigenvalue weighted by molar-refractivity contribution is 5.40. The molecule has 0 amide bonds. The van der Waals surface area contributed by atoms with E-state index in [1.54, 1.807) is 0 Å². The summed E-state index contributed by atoms with van der Waals surface area (Å²) in [6.45, 7) is 5.79. The van der Waals surface area contributed by atoms with Gasteiger partial charge in [0.05, 0.1) is 12.1 Å². The van der Waals surface area contributed by atoms with Gasteiger partial charge < -0.3 is 5.32 Å². The molecule has 22 heavy (non-hydrogen) atoms. The highest BCUT2D eigenvalue weighted by atomic mass is 15.0. The van der Waals surface area contributed by atoms with Crippen LogP contribution in [0.1, 0.15) is 32.6 Å². The Kier molecular flexibility index (Phi) is 5.36. The molecule has 1 saturated heterocycles. The van der Waals surface area contributed by atoms with E-state index in [4.69, 9.17) is 0 Å². The minimum Gasteiger partial charge on any atom is -0.307 e. The number of allylic oxidation sites excluding steroid dienone is 5. The Morgan fingerprint density at radius 3 is 2.77 bits per heavy atom. The van der Waals surface area contributed by atoms with Crippen molar-refractivity contribution in [2.75, 3.05) is 0 Å². The largest absolute Gasteiger partial charge is 0.307 e. The molecule has 2 aliphatic heterocycles. The normalized spacial score (nSPS) is 27.6. The minimum absolute atomic E-state index is 0.200. The number of fused-ring (bicyclic) bond motifs is 2. The molecule has 1 unspecified atom stereocenters. The summed E-state index contributed by atoms with van der Waals surface area (Å²) in [5.41, 5.74) is -0.0666. The zero-order chi connectivity index (χ0) is 16.0. The Balaban J connectivity index is 2.35. The second-order valence-electron chi connectivity index (χ2n) is 6.00. The molecule has 0 aliphatic carbocycles. The summed E-state index contributed by atoms with van der Waals surface area (Å²) < 4.78 is 0. The molecule has 2 heterocycles. The molecule has 0 aromatic heterocycles. The highest BCUT2D eigenvalue weighted by Crippen LogP contribution is 2.44. The van der Waals surface area contributed by atoms with Gasteiger partial charge in [0.2, 0.25) is 0 Å². The van der Waals surface area contributed by atoms with E-state index >= 15 is 0 Å². The maximum absolute atomic E-state index is 9.75. The third kappa shape index (κ3) is 3.06. The van der Waals surface area contributed by atoms with Crippen molar-refractivity contribution < 1.29 is 0 Å². The van der Waals surface area contributed by atoms with E-state index in [2.05, 4.69) is 30.1 Å². The molecular formula is C19H23N3. The molecule has 2 bridgehead atoms. The molecule has 0 radical (unpaired) electrons. The molecule has 0 spiro atoms. The third-order valence-electron chi connectivity index (χ3n) is 4.64. The molecule has 2 rings (SSSR count). The van der Waals surface area contributed by atoms with E-state index in [9.17, 15) is 10.5 Å². The van der Waals surface area contributed by atoms with Crippen molar-refractivity contribution in [3.05, 3.63) is 48.6 Å². The topological polar surface area (TPSA) is 59.6 Å². The van der Waals surface area contributed by atoms with Gasteiger partial charge in [0.1, 0.15) is 0 Å². The van der Waals surface area contributed by atoms with Crippen molar-refractivity contribution >= 4 is 0 Å². The van der Waals surface area contributed by atoms with Crippen molar-refractivity contribution in [1.29, 1.82) is 10.5 Å². The van der Waals surface area contributed by atoms with Crippen LogP contribution in [0.2, 0.25) is 0 Å². The smallest absolute Gasteiger partial charge is 0.168 e. The first kappa shape index (κ1) is 16.3. The summed E-state index contributed by atoms with van der Waals surface area (Å²) in [5, 5.41) is 23.1. The van der Waals surface area contributed by atoms with E-state index in [1.165, 1.54) is 0 Å². The summed E-state index contributed by atoms with van der Waals surface area (Å²) in [7, 11) is 0. The summed E-state index contributed by atoms with van der Waals surface area (Å²) in [6.07, 6.45) is 15.1. The lowest BCUT2D eigenvalue weighted by Crippen LogP contribution is -2.43. The number of hydrogen-bond donors (Lipinski definition) is 1. The van der Waals surface area contributed by atoms with Crippen LogP contribution < -0.4 is 5.32 Å². The van der Waals surface area contributed by atoms with Gasteiger partial charge in [0.15, 0.2) is 5.41 Å². The first-order valence-corrected chi connectivity index (χ1v) is 7.90. The Morgan fingerprint density at radius 2 is 2.14 bits per heavy atom. The number of nitrogens with one attached hydrogen (secondary N) is 1. The van der Waals surface area contributed by atoms with Crippen molar-refractivity contribution in [3.63, 3.8) is 0 Å². The van der Waals surface area contributed by atoms with Gasteiger partial charge >= 0.3 is 0 Å². The third-order valence-corrected chi connectivity index (χ3v) is 4.64. The fourth-order valence-corrected chi connectivity index (χ4v) is 3.53. The first-order valence-electron chi connectivity index (χ1n) is 7.90. The number of nitriles is 2. The Morgan fingerprint density at radius 1 is 1.36 bits per heavy atom. The predicted molar refractivity (Wildman–Crippen MR) is 88.6 cm³/mol. The van der Waals surface area contributed by atoms with Crippen LogP contribution in [0.15, 0.2) is 48.6 Å². The first-order chi connectivity index (χ1) is 10.7. The van der Waals surface area contributed by atoms with Crippen LogP contribution in [0.4, 0.5) is 0 Å². The lowest BCUT2D eigenvalue weighted by molar-refractivity contribution is 0.369. The summed E-state index contributed by atoms with van der Waals surface area (Å²) >= 11 is 0. The van der Waals surface area contributed by atoms with Gasteiger partial charge in [-0.25, -0.2) is 0 Å². The number of nitrogens with zero attached hydrogens (tertiary/aromatic N) is 2. The van der Waals surface area contributed by atoms with E-state index in [0.717, 1.165) is 24.8 Å². The number of hydrogen-bond acceptors (Lipinski definition) is 3. The molecule has 2 aliphatic rings. The average Bonchev–Trinajstić information content (AvgIpc) is 2.94. The second-order valence-corrected chi connectivity index (χ2v) is 6.00. The summed E-state index contributed by atoms with van der Waals surface area (Å²) in [5.74, 6) is 0.200. The van der Waals surface area contributed by atoms with Crippen molar-refractivity contribution in [2.24, 2.45) is 11.3 Å². The summed E-state index contributed by atoms with van der Waals surface area (Å²) in [6, 6.07) is 5.28. The van der Waals surface area contributed by atoms with Gasteiger partial charge in [0, 0.05) is 24.4 Å². The van der Waals surface area contributed by atoms with E-state index in [0.29, 0.717) is 18.5 Å². The van der Waals surface area contributed by atoms with Crippen LogP contribution >= 0.6 is 0 Å². The van der Waals surface area contributed by atoms with Gasteiger partial charge in [-0.3, -0.25) is 0 Å². The quantitative estimate of drug-likeness (QED) is 0.598. The fourth-order valence-electron chi connectivity index (χ4n) is 3.53. The van der Waals surface area contributed by atoms with Gasteiger partial charge in [0.25, 0.3) is 0 Å². The minimum atomic E-state index is -1.06. The van der Waals surface area contributed by atoms with E-state index in [1.807, 2.05) is 37.3 Å². The lowest BCUT2D eigenvalue weighted by Gasteiger charge is -2.36. The van der Waals surface area contributed by atoms with Gasteiger partial charge in [-0.15, -0.1) is 6.58 Å². The maximum atomic E-state index is 9.75. The van der Waals surface area contributed by atoms with E-state index < -0.39 is 5.41 Å². The lowest BCUT2D eigenvalue weighted by atomic mass is 9.69. The Hall–Kier alpha value is -2.10. The van der Waals surface area contributed by atoms with E-state index in [-0.39, 0.29) is 5.92 Å². The molecule has 0 saturated carbocycles. The van der Waals surface area contributed by atoms with Gasteiger partial charge in [-0.1, -0.05) is 36.5 Å². The van der Waals surface area contributed by atoms with Crippen molar-refractivity contribution in [1.82, 2.24) is 5.32 Å². The monoisotopic (exact) mass is 293 g/mol. The Labute approximate surface area is 133 Å². The molecule has 0 aromatic carbocycles. The number of rotatable bonds is 6. The molecule has 1 fully saturated rings. The van der Waals surface area contributed by atoms with Crippen molar-refractivity contribution in [3.8, 4) is 12.1 Å². The molecule has 114 valence electrons. The Bertz CT molecular complexity index is 569. The standard InChI is InChI=1S/C19H23N3/c1-3-5-6-7-11-19(13-20,14-21)17-12-15-9-10-18(22-15)16(17)8-4-2/h3-7,12,15-16,18,22H,2,8-11H2,1H3/b5-3+,7-6+/t15?,16-,18+/m1/s1. The van der Waals surface area contributed by atoms with Crippen LogP contribution in [0, 0.1) is 34.0 Å². The summed E-state index contributed by atoms with van der Waals surface area (Å²) in [4.78, 5) is 0. The van der Waals surface area contributed by atoms with Gasteiger partial charge in [-0.2, -0.15) is 10.5 Å². The van der Waals surface area contributed by atoms with Gasteiger partial charge in [-0.05, 0) is 31.8 Å². The van der Waals surface area contributed by atoms with Crippen LogP contribution in [-0.4, -0.2) is 12.1 Å².